The first-order chi connectivity index (χ1) is 26.2. The van der Waals surface area contributed by atoms with Crippen molar-refractivity contribution in [3.8, 4) is 39.5 Å². The monoisotopic (exact) mass is 722 g/mol. The summed E-state index contributed by atoms with van der Waals surface area (Å²) in [6, 6.07) is 28.8. The molecule has 0 heterocycles. The van der Waals surface area contributed by atoms with Crippen molar-refractivity contribution in [1.82, 2.24) is 0 Å². The molecule has 0 saturated heterocycles. The molecule has 0 unspecified atom stereocenters. The van der Waals surface area contributed by atoms with Crippen LogP contribution in [0.2, 0.25) is 0 Å². The number of carbonyl (C=O) groups excluding carboxylic acids is 2. The molecule has 5 aromatic carbocycles. The molecule has 0 spiro atoms. The first-order valence-corrected chi connectivity index (χ1v) is 19.4. The van der Waals surface area contributed by atoms with Gasteiger partial charge in [0, 0.05) is 16.4 Å². The molecule has 54 heavy (non-hydrogen) atoms. The van der Waals surface area contributed by atoms with E-state index in [4.69, 9.17) is 4.74 Å². The van der Waals surface area contributed by atoms with Crippen LogP contribution in [0.25, 0.3) is 22.3 Å². The summed E-state index contributed by atoms with van der Waals surface area (Å²) >= 11 is 0. The Kier molecular flexibility index (Phi) is 10.0. The van der Waals surface area contributed by atoms with Gasteiger partial charge in [-0.1, -0.05) is 102 Å². The number of phenols is 2. The SMILES string of the molecule is CCCC1(CCC)c2ccccc2-c2cc(NC(=O)c3ccc(C(=O)Nc4cc5c(cc4O)C(CCC)(CCC)c4ccccc4-5)c(OC)c3)c(O)cc21. The van der Waals surface area contributed by atoms with Crippen LogP contribution < -0.4 is 15.4 Å². The van der Waals surface area contributed by atoms with Crippen molar-refractivity contribution in [3.63, 3.8) is 0 Å². The van der Waals surface area contributed by atoms with Crippen LogP contribution in [0.4, 0.5) is 11.4 Å². The second kappa shape index (κ2) is 14.7. The molecule has 7 nitrogen and oxygen atoms in total. The zero-order chi connectivity index (χ0) is 38.2. The number of amides is 2. The Balaban J connectivity index is 1.15. The molecule has 0 atom stereocenters. The van der Waals surface area contributed by atoms with Gasteiger partial charge >= 0.3 is 0 Å². The summed E-state index contributed by atoms with van der Waals surface area (Å²) in [5.74, 6) is -0.723. The van der Waals surface area contributed by atoms with Gasteiger partial charge in [-0.15, -0.1) is 0 Å². The minimum atomic E-state index is -0.480. The molecule has 2 amide bonds. The number of fused-ring (bicyclic) bond motifs is 6. The van der Waals surface area contributed by atoms with Gasteiger partial charge in [-0.2, -0.15) is 0 Å². The molecular formula is C47H50N2O5. The Morgan fingerprint density at radius 1 is 0.556 bits per heavy atom. The number of benzene rings is 5. The Morgan fingerprint density at radius 2 is 1.00 bits per heavy atom. The number of hydrogen-bond donors (Lipinski definition) is 4. The molecule has 0 bridgehead atoms. The third kappa shape index (κ3) is 5.90. The topological polar surface area (TPSA) is 108 Å². The molecule has 2 aliphatic carbocycles. The number of nitrogens with one attached hydrogen (secondary N) is 2. The van der Waals surface area contributed by atoms with E-state index in [1.54, 1.807) is 12.1 Å². The van der Waals surface area contributed by atoms with E-state index in [-0.39, 0.29) is 39.2 Å². The second-order valence-electron chi connectivity index (χ2n) is 14.9. The predicted molar refractivity (Wildman–Crippen MR) is 217 cm³/mol. The maximum atomic E-state index is 13.8. The normalized spacial score (nSPS) is 14.1. The number of aromatic hydroxyl groups is 2. The molecule has 0 radical (unpaired) electrons. The lowest BCUT2D eigenvalue weighted by atomic mass is 9.71. The summed E-state index contributed by atoms with van der Waals surface area (Å²) in [6.45, 7) is 8.76. The highest BCUT2D eigenvalue weighted by Gasteiger charge is 2.43. The summed E-state index contributed by atoms with van der Waals surface area (Å²) < 4.78 is 5.62. The fourth-order valence-electron chi connectivity index (χ4n) is 9.61. The number of carbonyl (C=O) groups is 2. The van der Waals surface area contributed by atoms with E-state index in [0.717, 1.165) is 84.7 Å². The van der Waals surface area contributed by atoms with Crippen molar-refractivity contribution >= 4 is 23.2 Å². The molecule has 0 fully saturated rings. The van der Waals surface area contributed by atoms with E-state index >= 15 is 0 Å². The largest absolute Gasteiger partial charge is 0.506 e. The fourth-order valence-corrected chi connectivity index (χ4v) is 9.61. The number of phenolic OH excluding ortho intramolecular Hbond substituents is 2. The van der Waals surface area contributed by atoms with Gasteiger partial charge in [0.15, 0.2) is 0 Å². The van der Waals surface area contributed by atoms with Crippen LogP contribution in [0, 0.1) is 0 Å². The van der Waals surface area contributed by atoms with Crippen LogP contribution in [0.3, 0.4) is 0 Å². The van der Waals surface area contributed by atoms with E-state index in [0.29, 0.717) is 11.4 Å². The van der Waals surface area contributed by atoms with Gasteiger partial charge in [0.1, 0.15) is 17.2 Å². The van der Waals surface area contributed by atoms with Crippen molar-refractivity contribution in [3.05, 3.63) is 124 Å². The van der Waals surface area contributed by atoms with E-state index in [1.807, 2.05) is 36.4 Å². The van der Waals surface area contributed by atoms with Gasteiger partial charge in [-0.25, -0.2) is 0 Å². The van der Waals surface area contributed by atoms with E-state index in [9.17, 15) is 19.8 Å². The molecule has 7 heteroatoms. The zero-order valence-electron chi connectivity index (χ0n) is 31.9. The Hall–Kier alpha value is -5.56. The van der Waals surface area contributed by atoms with Crippen molar-refractivity contribution in [2.24, 2.45) is 0 Å². The third-order valence-corrected chi connectivity index (χ3v) is 11.7. The summed E-state index contributed by atoms with van der Waals surface area (Å²) in [5, 5.41) is 28.4. The molecule has 0 saturated carbocycles. The average molecular weight is 723 g/mol. The summed E-state index contributed by atoms with van der Waals surface area (Å²) in [4.78, 5) is 27.4. The van der Waals surface area contributed by atoms with Gasteiger partial charge in [-0.05, 0) is 113 Å². The van der Waals surface area contributed by atoms with Crippen LogP contribution in [-0.4, -0.2) is 29.1 Å². The maximum Gasteiger partial charge on any atom is 0.259 e. The second-order valence-corrected chi connectivity index (χ2v) is 14.9. The molecule has 278 valence electrons. The van der Waals surface area contributed by atoms with E-state index < -0.39 is 11.8 Å². The minimum Gasteiger partial charge on any atom is -0.506 e. The van der Waals surface area contributed by atoms with Crippen LogP contribution >= 0.6 is 0 Å². The van der Waals surface area contributed by atoms with Crippen molar-refractivity contribution in [2.45, 2.75) is 89.9 Å². The molecule has 7 rings (SSSR count). The smallest absolute Gasteiger partial charge is 0.259 e. The first kappa shape index (κ1) is 36.8. The first-order valence-electron chi connectivity index (χ1n) is 19.4. The van der Waals surface area contributed by atoms with Crippen LogP contribution in [0.15, 0.2) is 91.0 Å². The average Bonchev–Trinajstić information content (AvgIpc) is 3.57. The number of rotatable bonds is 13. The van der Waals surface area contributed by atoms with Gasteiger partial charge in [0.2, 0.25) is 0 Å². The lowest BCUT2D eigenvalue weighted by molar-refractivity contribution is 0.101. The van der Waals surface area contributed by atoms with E-state index in [1.165, 1.54) is 24.3 Å². The highest BCUT2D eigenvalue weighted by molar-refractivity contribution is 6.10. The Labute approximate surface area is 318 Å². The quantitative estimate of drug-likeness (QED) is 0.0905. The van der Waals surface area contributed by atoms with Crippen molar-refractivity contribution < 1.29 is 24.5 Å². The molecule has 5 aromatic rings. The Bertz CT molecular complexity index is 2240. The number of methoxy groups -OCH3 is 1. The summed E-state index contributed by atoms with van der Waals surface area (Å²) in [7, 11) is 1.45. The van der Waals surface area contributed by atoms with Gasteiger partial charge in [0.05, 0.1) is 24.0 Å². The standard InChI is InChI=1S/C47H50N2O5/c1-6-20-46(21-7-2)35-16-12-10-14-30(35)33-25-39(41(50)27-37(33)46)48-44(52)29-18-19-32(43(24-29)54-5)45(53)49-40-26-34-31-15-11-13-17-36(31)47(22-8-3,23-9-4)38(34)28-42(40)51/h10-19,24-28,50-51H,6-9,20-23H2,1-5H3,(H,48,52)(H,49,53). The molecule has 0 aromatic heterocycles. The van der Waals surface area contributed by atoms with Gasteiger partial charge in [-0.3, -0.25) is 9.59 Å². The van der Waals surface area contributed by atoms with Gasteiger partial charge < -0.3 is 25.6 Å². The van der Waals surface area contributed by atoms with Crippen molar-refractivity contribution in [2.75, 3.05) is 17.7 Å². The highest BCUT2D eigenvalue weighted by Crippen LogP contribution is 2.57. The molecular weight excluding hydrogens is 673 g/mol. The van der Waals surface area contributed by atoms with Crippen LogP contribution in [0.1, 0.15) is 122 Å². The molecule has 4 N–H and O–H groups in total. The minimum absolute atomic E-state index is 0.000130. The Morgan fingerprint density at radius 3 is 1.44 bits per heavy atom. The summed E-state index contributed by atoms with van der Waals surface area (Å²) in [6.07, 6.45) is 7.88. The third-order valence-electron chi connectivity index (χ3n) is 11.7. The maximum absolute atomic E-state index is 13.8. The lowest BCUT2D eigenvalue weighted by Crippen LogP contribution is -2.25. The van der Waals surface area contributed by atoms with Crippen LogP contribution in [-0.2, 0) is 10.8 Å². The zero-order valence-corrected chi connectivity index (χ0v) is 31.9. The van der Waals surface area contributed by atoms with E-state index in [2.05, 4.69) is 74.7 Å². The highest BCUT2D eigenvalue weighted by atomic mass is 16.5. The van der Waals surface area contributed by atoms with Crippen molar-refractivity contribution in [1.29, 1.82) is 0 Å². The van der Waals surface area contributed by atoms with Crippen LogP contribution in [0.5, 0.6) is 17.2 Å². The molecule has 2 aliphatic rings. The number of anilines is 2. The predicted octanol–water partition coefficient (Wildman–Crippen LogP) is 11.3. The number of hydrogen-bond acceptors (Lipinski definition) is 5. The lowest BCUT2D eigenvalue weighted by Gasteiger charge is -2.32. The number of ether oxygens (including phenoxy) is 1. The van der Waals surface area contributed by atoms with Gasteiger partial charge in [0.25, 0.3) is 11.8 Å². The molecule has 0 aliphatic heterocycles. The summed E-state index contributed by atoms with van der Waals surface area (Å²) in [5.41, 5.74) is 9.71. The fraction of sp³-hybridized carbons (Fsp3) is 0.319.